The van der Waals surface area contributed by atoms with E-state index in [4.69, 9.17) is 0 Å². The predicted molar refractivity (Wildman–Crippen MR) is 136 cm³/mol. The van der Waals surface area contributed by atoms with E-state index < -0.39 is 16.1 Å². The van der Waals surface area contributed by atoms with Crippen molar-refractivity contribution in [3.8, 4) is 0 Å². The van der Waals surface area contributed by atoms with Crippen molar-refractivity contribution in [2.75, 3.05) is 31.3 Å². The number of rotatable bonds is 8. The third-order valence-corrected chi connectivity index (χ3v) is 6.99. The Balaban J connectivity index is 1.42. The summed E-state index contributed by atoms with van der Waals surface area (Å²) in [6.07, 6.45) is 1.97. The number of benzene rings is 2. The first-order valence-electron chi connectivity index (χ1n) is 11.7. The van der Waals surface area contributed by atoms with Crippen LogP contribution in [0.4, 0.5) is 11.4 Å². The number of aromatic nitrogens is 3. The Hall–Kier alpha value is -2.75. The molecule has 0 fully saturated rings. The van der Waals surface area contributed by atoms with Crippen LogP contribution in [0.1, 0.15) is 37.1 Å². The fourth-order valence-corrected chi connectivity index (χ4v) is 5.22. The fraction of sp³-hybridized carbons (Fsp3) is 0.440. The van der Waals surface area contributed by atoms with Crippen LogP contribution in [0.5, 0.6) is 0 Å². The normalized spacial score (nSPS) is 15.7. The first-order chi connectivity index (χ1) is 16.2. The second kappa shape index (κ2) is 10.2. The van der Waals surface area contributed by atoms with Crippen molar-refractivity contribution in [2.45, 2.75) is 39.4 Å². The highest BCUT2D eigenvalue weighted by Crippen LogP contribution is 2.25. The number of sulfonamides is 1. The van der Waals surface area contributed by atoms with E-state index in [1.807, 2.05) is 32.0 Å². The monoisotopic (exact) mass is 482 g/mol. The summed E-state index contributed by atoms with van der Waals surface area (Å²) in [5, 5.41) is 8.77. The zero-order valence-electron chi connectivity index (χ0n) is 20.3. The van der Waals surface area contributed by atoms with Gasteiger partial charge >= 0.3 is 0 Å². The maximum absolute atomic E-state index is 11.9. The largest absolute Gasteiger partial charge is 0.345 e. The van der Waals surface area contributed by atoms with E-state index in [-0.39, 0.29) is 5.92 Å². The summed E-state index contributed by atoms with van der Waals surface area (Å²) in [6, 6.07) is 18.6. The molecule has 0 radical (unpaired) electrons. The first-order valence-corrected chi connectivity index (χ1v) is 13.6. The summed E-state index contributed by atoms with van der Waals surface area (Å²) in [4.78, 5) is 4.60. The highest BCUT2D eigenvalue weighted by atomic mass is 32.2. The van der Waals surface area contributed by atoms with E-state index in [0.717, 1.165) is 49.8 Å². The Morgan fingerprint density at radius 1 is 0.971 bits per heavy atom. The maximum Gasteiger partial charge on any atom is 0.209 e. The minimum absolute atomic E-state index is 0.0647. The second-order valence-electron chi connectivity index (χ2n) is 9.32. The van der Waals surface area contributed by atoms with Crippen molar-refractivity contribution in [1.29, 1.82) is 0 Å². The van der Waals surface area contributed by atoms with E-state index in [1.54, 1.807) is 0 Å². The Morgan fingerprint density at radius 2 is 1.65 bits per heavy atom. The second-order valence-corrected chi connectivity index (χ2v) is 11.1. The number of hydrogen-bond acceptors (Lipinski definition) is 6. The molecule has 0 spiro atoms. The van der Waals surface area contributed by atoms with Crippen LogP contribution < -0.4 is 9.62 Å². The van der Waals surface area contributed by atoms with Gasteiger partial charge in [0.25, 0.3) is 0 Å². The zero-order chi connectivity index (χ0) is 24.3. The number of nitrogens with zero attached hydrogens (tertiary/aromatic N) is 5. The Kier molecular flexibility index (Phi) is 7.35. The van der Waals surface area contributed by atoms with Gasteiger partial charge in [0, 0.05) is 51.0 Å². The number of hydrogen-bond donors (Lipinski definition) is 1. The number of para-hydroxylation sites is 1. The van der Waals surface area contributed by atoms with Crippen molar-refractivity contribution in [1.82, 2.24) is 24.4 Å². The lowest BCUT2D eigenvalue weighted by molar-refractivity contribution is 0.269. The average Bonchev–Trinajstić information content (AvgIpc) is 3.11. The minimum atomic E-state index is -3.35. The summed E-state index contributed by atoms with van der Waals surface area (Å²) in [7, 11) is -1.28. The van der Waals surface area contributed by atoms with Gasteiger partial charge in [-0.25, -0.2) is 13.1 Å². The molecule has 0 saturated heterocycles. The van der Waals surface area contributed by atoms with Crippen molar-refractivity contribution < 1.29 is 8.42 Å². The summed E-state index contributed by atoms with van der Waals surface area (Å²) >= 11 is 0. The van der Waals surface area contributed by atoms with Crippen LogP contribution in [0, 0.1) is 5.92 Å². The average molecular weight is 483 g/mol. The molecule has 0 unspecified atom stereocenters. The van der Waals surface area contributed by atoms with Crippen LogP contribution in [0.15, 0.2) is 54.6 Å². The molecule has 0 saturated carbocycles. The van der Waals surface area contributed by atoms with Gasteiger partial charge in [-0.3, -0.25) is 4.90 Å². The highest BCUT2D eigenvalue weighted by molar-refractivity contribution is 7.88. The van der Waals surface area contributed by atoms with Gasteiger partial charge in [-0.1, -0.05) is 44.2 Å². The summed E-state index contributed by atoms with van der Waals surface area (Å²) < 4.78 is 28.6. The Bertz CT molecular complexity index is 1190. The Morgan fingerprint density at radius 3 is 2.29 bits per heavy atom. The summed E-state index contributed by atoms with van der Waals surface area (Å²) in [6.45, 7) is 7.32. The smallest absolute Gasteiger partial charge is 0.209 e. The molecule has 3 aromatic rings. The van der Waals surface area contributed by atoms with E-state index in [2.05, 4.69) is 72.7 Å². The van der Waals surface area contributed by atoms with Gasteiger partial charge < -0.3 is 9.47 Å². The van der Waals surface area contributed by atoms with Crippen molar-refractivity contribution in [3.05, 3.63) is 71.8 Å². The quantitative estimate of drug-likeness (QED) is 0.530. The zero-order valence-corrected chi connectivity index (χ0v) is 21.2. The lowest BCUT2D eigenvalue weighted by Gasteiger charge is -2.23. The molecular weight excluding hydrogens is 448 g/mol. The van der Waals surface area contributed by atoms with Crippen LogP contribution in [0.3, 0.4) is 0 Å². The van der Waals surface area contributed by atoms with E-state index in [0.29, 0.717) is 5.82 Å². The molecule has 2 heterocycles. The minimum Gasteiger partial charge on any atom is -0.345 e. The van der Waals surface area contributed by atoms with Gasteiger partial charge in [0.05, 0.1) is 12.3 Å². The molecule has 0 aliphatic carbocycles. The van der Waals surface area contributed by atoms with Gasteiger partial charge in [0.2, 0.25) is 10.0 Å². The molecule has 1 atom stereocenters. The standard InChI is InChI=1S/C25H34N6O2S/c1-19(2)24(28-34(4,32)33)25-27-26-23-14-15-30(16-17-31(23)25)18-20-10-12-22(13-11-20)29(3)21-8-6-5-7-9-21/h5-13,19,24,28H,14-18H2,1-4H3/t24-/m0/s1. The summed E-state index contributed by atoms with van der Waals surface area (Å²) in [5.74, 6) is 1.68. The SMILES string of the molecule is CC(C)[C@H](NS(C)(=O)=O)c1nnc2n1CCN(Cc1ccc(N(C)c3ccccc3)cc1)CC2. The molecule has 8 nitrogen and oxygen atoms in total. The lowest BCUT2D eigenvalue weighted by Crippen LogP contribution is -2.33. The Labute approximate surface area is 202 Å². The van der Waals surface area contributed by atoms with E-state index in [1.165, 1.54) is 11.8 Å². The molecule has 2 aromatic carbocycles. The van der Waals surface area contributed by atoms with Crippen molar-refractivity contribution in [3.63, 3.8) is 0 Å². The molecule has 9 heteroatoms. The van der Waals surface area contributed by atoms with Crippen LogP contribution in [0.25, 0.3) is 0 Å². The van der Waals surface area contributed by atoms with Crippen molar-refractivity contribution >= 4 is 21.4 Å². The van der Waals surface area contributed by atoms with Gasteiger partial charge in [-0.15, -0.1) is 10.2 Å². The van der Waals surface area contributed by atoms with Gasteiger partial charge in [-0.05, 0) is 35.7 Å². The third kappa shape index (κ3) is 5.84. The van der Waals surface area contributed by atoms with Crippen molar-refractivity contribution in [2.24, 2.45) is 5.92 Å². The molecule has 34 heavy (non-hydrogen) atoms. The van der Waals surface area contributed by atoms with E-state index >= 15 is 0 Å². The third-order valence-electron chi connectivity index (χ3n) is 6.31. The highest BCUT2D eigenvalue weighted by Gasteiger charge is 2.28. The van der Waals surface area contributed by atoms with Gasteiger partial charge in [0.1, 0.15) is 5.82 Å². The molecule has 1 aliphatic heterocycles. The molecule has 4 rings (SSSR count). The molecule has 1 aliphatic rings. The van der Waals surface area contributed by atoms with Gasteiger partial charge in [0.15, 0.2) is 5.82 Å². The molecule has 0 bridgehead atoms. The topological polar surface area (TPSA) is 83.4 Å². The van der Waals surface area contributed by atoms with Crippen LogP contribution in [0.2, 0.25) is 0 Å². The molecule has 1 aromatic heterocycles. The van der Waals surface area contributed by atoms with Crippen LogP contribution in [-0.2, 0) is 29.5 Å². The number of fused-ring (bicyclic) bond motifs is 1. The van der Waals surface area contributed by atoms with Crippen LogP contribution >= 0.6 is 0 Å². The molecular formula is C25H34N6O2S. The van der Waals surface area contributed by atoms with Gasteiger partial charge in [-0.2, -0.15) is 0 Å². The molecule has 182 valence electrons. The number of nitrogens with one attached hydrogen (secondary N) is 1. The van der Waals surface area contributed by atoms with E-state index in [9.17, 15) is 8.42 Å². The van der Waals surface area contributed by atoms with Crippen LogP contribution in [-0.4, -0.2) is 54.5 Å². The maximum atomic E-state index is 11.9. The fourth-order valence-electron chi connectivity index (χ4n) is 4.38. The lowest BCUT2D eigenvalue weighted by atomic mass is 10.1. The predicted octanol–water partition coefficient (Wildman–Crippen LogP) is 3.35. The first kappa shape index (κ1) is 24.4. The molecule has 0 amide bonds. The molecule has 1 N–H and O–H groups in total. The number of anilines is 2. The summed E-state index contributed by atoms with van der Waals surface area (Å²) in [5.41, 5.74) is 3.58.